The first-order valence-electron chi connectivity index (χ1n) is 5.64. The zero-order valence-electron chi connectivity index (χ0n) is 10.7. The average molecular weight is 275 g/mol. The van der Waals surface area contributed by atoms with Gasteiger partial charge in [-0.1, -0.05) is 0 Å². The van der Waals surface area contributed by atoms with Gasteiger partial charge >= 0.3 is 6.18 Å². The van der Waals surface area contributed by atoms with Crippen molar-refractivity contribution < 1.29 is 18.0 Å². The Bertz CT molecular complexity index is 460. The van der Waals surface area contributed by atoms with Crippen LogP contribution in [0.1, 0.15) is 15.9 Å². The highest BCUT2D eigenvalue weighted by atomic mass is 19.4. The topological polar surface area (TPSA) is 58.4 Å². The minimum absolute atomic E-state index is 0.131. The van der Waals surface area contributed by atoms with E-state index in [-0.39, 0.29) is 5.56 Å². The van der Waals surface area contributed by atoms with E-state index in [2.05, 4.69) is 5.32 Å². The normalized spacial score (nSPS) is 11.4. The lowest BCUT2D eigenvalue weighted by Crippen LogP contribution is -2.29. The Labute approximate surface area is 109 Å². The van der Waals surface area contributed by atoms with Crippen LogP contribution < -0.4 is 16.0 Å². The molecule has 0 heterocycles. The molecule has 1 amide bonds. The largest absolute Gasteiger partial charge is 0.416 e. The van der Waals surface area contributed by atoms with Gasteiger partial charge in [0.05, 0.1) is 11.1 Å². The molecular weight excluding hydrogens is 259 g/mol. The number of anilines is 1. The lowest BCUT2D eigenvalue weighted by molar-refractivity contribution is -0.137. The number of carbonyl (C=O) groups is 1. The molecule has 1 rings (SSSR count). The van der Waals surface area contributed by atoms with Crippen LogP contribution in [-0.2, 0) is 6.18 Å². The first-order chi connectivity index (χ1) is 8.77. The number of likely N-dealkylation sites (N-methyl/N-ethyl adjacent to an activating group) is 2. The fraction of sp³-hybridized carbons (Fsp3) is 0.417. The van der Waals surface area contributed by atoms with E-state index in [0.29, 0.717) is 18.8 Å². The summed E-state index contributed by atoms with van der Waals surface area (Å²) in [6.45, 7) is 1.18. The number of primary amides is 1. The highest BCUT2D eigenvalue weighted by molar-refractivity contribution is 5.98. The minimum atomic E-state index is -4.49. The van der Waals surface area contributed by atoms with Gasteiger partial charge in [0.15, 0.2) is 0 Å². The molecule has 0 fully saturated rings. The van der Waals surface area contributed by atoms with E-state index in [1.807, 2.05) is 0 Å². The molecule has 19 heavy (non-hydrogen) atoms. The van der Waals surface area contributed by atoms with Crippen LogP contribution in [0.4, 0.5) is 18.9 Å². The number of amides is 1. The summed E-state index contributed by atoms with van der Waals surface area (Å²) in [5, 5.41) is 2.91. The number of nitrogens with one attached hydrogen (secondary N) is 1. The molecular formula is C12H16F3N3O. The van der Waals surface area contributed by atoms with Gasteiger partial charge in [-0.2, -0.15) is 13.2 Å². The third-order valence-corrected chi connectivity index (χ3v) is 2.70. The fourth-order valence-electron chi connectivity index (χ4n) is 1.64. The Kier molecular flexibility index (Phi) is 4.77. The van der Waals surface area contributed by atoms with Crippen molar-refractivity contribution >= 4 is 11.6 Å². The molecule has 0 aliphatic heterocycles. The van der Waals surface area contributed by atoms with Crippen molar-refractivity contribution in [1.82, 2.24) is 5.32 Å². The first-order valence-corrected chi connectivity index (χ1v) is 5.64. The number of benzene rings is 1. The number of carbonyl (C=O) groups excluding carboxylic acids is 1. The van der Waals surface area contributed by atoms with Crippen LogP contribution in [0.15, 0.2) is 18.2 Å². The average Bonchev–Trinajstić information content (AvgIpc) is 2.34. The zero-order chi connectivity index (χ0) is 14.6. The summed E-state index contributed by atoms with van der Waals surface area (Å²) < 4.78 is 37.8. The molecule has 0 radical (unpaired) electrons. The molecule has 1 aromatic carbocycles. The van der Waals surface area contributed by atoms with Crippen LogP contribution in [-0.4, -0.2) is 33.1 Å². The zero-order valence-corrected chi connectivity index (χ0v) is 10.7. The van der Waals surface area contributed by atoms with E-state index in [1.54, 1.807) is 19.0 Å². The van der Waals surface area contributed by atoms with Gasteiger partial charge in [-0.05, 0) is 25.2 Å². The van der Waals surface area contributed by atoms with Gasteiger partial charge in [0, 0.05) is 25.8 Å². The number of alkyl halides is 3. The molecule has 7 heteroatoms. The van der Waals surface area contributed by atoms with Crippen molar-refractivity contribution in [2.45, 2.75) is 6.18 Å². The summed E-state index contributed by atoms with van der Waals surface area (Å²) in [4.78, 5) is 13.0. The second kappa shape index (κ2) is 5.92. The molecule has 0 unspecified atom stereocenters. The van der Waals surface area contributed by atoms with Crippen LogP contribution in [0, 0.1) is 0 Å². The maximum Gasteiger partial charge on any atom is 0.416 e. The van der Waals surface area contributed by atoms with Crippen molar-refractivity contribution in [2.75, 3.05) is 32.1 Å². The molecule has 0 aromatic heterocycles. The lowest BCUT2D eigenvalue weighted by Gasteiger charge is -2.22. The Hall–Kier alpha value is -1.76. The summed E-state index contributed by atoms with van der Waals surface area (Å²) >= 11 is 0. The summed E-state index contributed by atoms with van der Waals surface area (Å²) in [7, 11) is 3.45. The van der Waals surface area contributed by atoms with Crippen LogP contribution in [0.2, 0.25) is 0 Å². The Morgan fingerprint density at radius 3 is 2.53 bits per heavy atom. The van der Waals surface area contributed by atoms with E-state index < -0.39 is 17.6 Å². The molecule has 0 atom stereocenters. The maximum absolute atomic E-state index is 12.6. The first kappa shape index (κ1) is 15.3. The van der Waals surface area contributed by atoms with Gasteiger partial charge in [0.2, 0.25) is 0 Å². The minimum Gasteiger partial charge on any atom is -0.373 e. The molecule has 3 N–H and O–H groups in total. The second-order valence-electron chi connectivity index (χ2n) is 4.12. The Morgan fingerprint density at radius 1 is 1.42 bits per heavy atom. The van der Waals surface area contributed by atoms with Crippen molar-refractivity contribution in [3.63, 3.8) is 0 Å². The predicted molar refractivity (Wildman–Crippen MR) is 67.2 cm³/mol. The maximum atomic E-state index is 12.6. The number of rotatable bonds is 5. The summed E-state index contributed by atoms with van der Waals surface area (Å²) in [5.41, 5.74) is 4.52. The Balaban J connectivity index is 3.15. The monoisotopic (exact) mass is 275 g/mol. The van der Waals surface area contributed by atoms with Crippen LogP contribution >= 0.6 is 0 Å². The van der Waals surface area contributed by atoms with Crippen molar-refractivity contribution in [3.8, 4) is 0 Å². The van der Waals surface area contributed by atoms with Gasteiger partial charge < -0.3 is 16.0 Å². The fourth-order valence-corrected chi connectivity index (χ4v) is 1.64. The highest BCUT2D eigenvalue weighted by Crippen LogP contribution is 2.32. The van der Waals surface area contributed by atoms with Crippen LogP contribution in [0.3, 0.4) is 0 Å². The van der Waals surface area contributed by atoms with Gasteiger partial charge in [-0.3, -0.25) is 4.79 Å². The van der Waals surface area contributed by atoms with E-state index in [0.717, 1.165) is 12.1 Å². The summed E-state index contributed by atoms with van der Waals surface area (Å²) in [6, 6.07) is 2.99. The molecule has 106 valence electrons. The summed E-state index contributed by atoms with van der Waals surface area (Å²) in [6.07, 6.45) is -4.49. The molecule has 4 nitrogen and oxygen atoms in total. The number of hydrogen-bond acceptors (Lipinski definition) is 3. The van der Waals surface area contributed by atoms with Crippen molar-refractivity contribution in [3.05, 3.63) is 29.3 Å². The van der Waals surface area contributed by atoms with E-state index in [9.17, 15) is 18.0 Å². The molecule has 0 aliphatic rings. The van der Waals surface area contributed by atoms with Gasteiger partial charge in [-0.25, -0.2) is 0 Å². The van der Waals surface area contributed by atoms with Gasteiger partial charge in [0.1, 0.15) is 0 Å². The smallest absolute Gasteiger partial charge is 0.373 e. The van der Waals surface area contributed by atoms with Crippen LogP contribution in [0.5, 0.6) is 0 Å². The highest BCUT2D eigenvalue weighted by Gasteiger charge is 2.31. The van der Waals surface area contributed by atoms with Gasteiger partial charge in [-0.15, -0.1) is 0 Å². The molecule has 1 aromatic rings. The molecule has 0 saturated heterocycles. The molecule has 0 spiro atoms. The van der Waals surface area contributed by atoms with E-state index >= 15 is 0 Å². The lowest BCUT2D eigenvalue weighted by atomic mass is 10.1. The number of nitrogens with zero attached hydrogens (tertiary/aromatic N) is 1. The standard InChI is InChI=1S/C12H16F3N3O/c1-17-5-6-18(2)10-4-3-8(12(13,14)15)7-9(10)11(16)19/h3-4,7,17H,5-6H2,1-2H3,(H2,16,19). The number of halogens is 3. The molecule has 0 saturated carbocycles. The number of nitrogens with two attached hydrogens (primary N) is 1. The predicted octanol–water partition coefficient (Wildman–Crippen LogP) is 1.46. The van der Waals surface area contributed by atoms with Crippen molar-refractivity contribution in [2.24, 2.45) is 5.73 Å². The van der Waals surface area contributed by atoms with E-state index in [4.69, 9.17) is 5.73 Å². The van der Waals surface area contributed by atoms with E-state index in [1.165, 1.54) is 6.07 Å². The second-order valence-corrected chi connectivity index (χ2v) is 4.12. The van der Waals surface area contributed by atoms with Gasteiger partial charge in [0.25, 0.3) is 5.91 Å². The number of hydrogen-bond donors (Lipinski definition) is 2. The molecule has 0 aliphatic carbocycles. The van der Waals surface area contributed by atoms with Crippen LogP contribution in [0.25, 0.3) is 0 Å². The third-order valence-electron chi connectivity index (χ3n) is 2.70. The quantitative estimate of drug-likeness (QED) is 0.855. The Morgan fingerprint density at radius 2 is 2.05 bits per heavy atom. The SMILES string of the molecule is CNCCN(C)c1ccc(C(F)(F)F)cc1C(N)=O. The molecule has 0 bridgehead atoms. The third kappa shape index (κ3) is 3.85. The van der Waals surface area contributed by atoms with Crippen molar-refractivity contribution in [1.29, 1.82) is 0 Å². The summed E-state index contributed by atoms with van der Waals surface area (Å²) in [5.74, 6) is -0.877.